The van der Waals surface area contributed by atoms with E-state index < -0.39 is 37.3 Å². The van der Waals surface area contributed by atoms with Crippen LogP contribution in [0.3, 0.4) is 0 Å². The molecule has 0 aliphatic carbocycles. The van der Waals surface area contributed by atoms with E-state index in [0.29, 0.717) is 29.0 Å². The first-order valence-electron chi connectivity index (χ1n) is 11.3. The average Bonchev–Trinajstić information content (AvgIpc) is 3.29. The summed E-state index contributed by atoms with van der Waals surface area (Å²) >= 11 is 0. The minimum absolute atomic E-state index is 0.0278. The lowest BCUT2D eigenvalue weighted by atomic mass is 10.0. The number of aryl methyl sites for hydroxylation is 1. The SMILES string of the molecule is COc1nc(N[C@@H]2CCN(C)CC2(F)F)nn2cc(F)c(-c3ccc4nc(C)n(CC(F)F)c4c3)c12. The van der Waals surface area contributed by atoms with Gasteiger partial charge in [0.05, 0.1) is 49.0 Å². The largest absolute Gasteiger partial charge is 0.479 e. The fourth-order valence-corrected chi connectivity index (χ4v) is 4.71. The zero-order valence-electron chi connectivity index (χ0n) is 19.8. The van der Waals surface area contributed by atoms with E-state index in [1.807, 2.05) is 0 Å². The summed E-state index contributed by atoms with van der Waals surface area (Å²) < 4.78 is 78.5. The molecule has 0 unspecified atom stereocenters. The normalized spacial score (nSPS) is 18.4. The Morgan fingerprint density at radius 3 is 2.72 bits per heavy atom. The third-order valence-electron chi connectivity index (χ3n) is 6.39. The molecule has 0 saturated carbocycles. The van der Waals surface area contributed by atoms with Crippen molar-refractivity contribution in [1.82, 2.24) is 29.0 Å². The minimum atomic E-state index is -3.01. The van der Waals surface area contributed by atoms with E-state index in [9.17, 15) is 17.6 Å². The number of nitrogens with one attached hydrogen (secondary N) is 1. The van der Waals surface area contributed by atoms with Crippen LogP contribution in [0, 0.1) is 12.7 Å². The van der Waals surface area contributed by atoms with Gasteiger partial charge in [-0.25, -0.2) is 31.5 Å². The summed E-state index contributed by atoms with van der Waals surface area (Å²) in [6.07, 6.45) is -1.32. The number of hydrogen-bond donors (Lipinski definition) is 1. The number of methoxy groups -OCH3 is 1. The molecule has 3 aromatic heterocycles. The number of imidazole rings is 1. The van der Waals surface area contributed by atoms with E-state index in [4.69, 9.17) is 4.74 Å². The van der Waals surface area contributed by atoms with Gasteiger partial charge in [0.2, 0.25) is 11.8 Å². The number of nitrogens with zero attached hydrogens (tertiary/aromatic N) is 6. The molecule has 13 heteroatoms. The molecule has 1 aliphatic heterocycles. The Hall–Kier alpha value is -3.48. The number of halogens is 5. The molecule has 1 atom stereocenters. The Kier molecular flexibility index (Phi) is 5.97. The van der Waals surface area contributed by atoms with E-state index in [0.717, 1.165) is 6.20 Å². The van der Waals surface area contributed by atoms with E-state index in [1.54, 1.807) is 37.1 Å². The first-order chi connectivity index (χ1) is 17.1. The van der Waals surface area contributed by atoms with Crippen LogP contribution in [0.1, 0.15) is 12.2 Å². The summed E-state index contributed by atoms with van der Waals surface area (Å²) in [4.78, 5) is 10.1. The molecule has 4 heterocycles. The third kappa shape index (κ3) is 4.21. The fraction of sp³-hybridized carbons (Fsp3) is 0.435. The molecule has 1 aliphatic rings. The second kappa shape index (κ2) is 8.87. The van der Waals surface area contributed by atoms with Crippen molar-refractivity contribution in [3.05, 3.63) is 36.0 Å². The molecule has 0 bridgehead atoms. The standard InChI is InChI=1S/C23H24F5N7O/c1-12-29-15-5-4-13(8-16(15)34(12)10-18(25)26)19-14(24)9-35-20(19)21(36-3)31-22(32-35)30-17-6-7-33(2)11-23(17,27)28/h4-5,8-9,17-18H,6-7,10-11H2,1-3H3,(H,30,32)/t17-/m1/s1. The number of hydrogen-bond acceptors (Lipinski definition) is 6. The van der Waals surface area contributed by atoms with E-state index >= 15 is 4.39 Å². The molecule has 192 valence electrons. The predicted octanol–water partition coefficient (Wildman–Crippen LogP) is 4.22. The second-order valence-corrected chi connectivity index (χ2v) is 8.94. The van der Waals surface area contributed by atoms with Gasteiger partial charge in [-0.1, -0.05) is 6.07 Å². The number of likely N-dealkylation sites (tertiary alicyclic amines) is 1. The van der Waals surface area contributed by atoms with E-state index in [1.165, 1.54) is 16.2 Å². The summed E-state index contributed by atoms with van der Waals surface area (Å²) in [6.45, 7) is 1.14. The van der Waals surface area contributed by atoms with Crippen LogP contribution in [0.2, 0.25) is 0 Å². The summed E-state index contributed by atoms with van der Waals surface area (Å²) in [5.41, 5.74) is 1.56. The van der Waals surface area contributed by atoms with E-state index in [2.05, 4.69) is 20.4 Å². The van der Waals surface area contributed by atoms with Gasteiger partial charge in [0.25, 0.3) is 12.3 Å². The van der Waals surface area contributed by atoms with Crippen molar-refractivity contribution in [2.24, 2.45) is 0 Å². The van der Waals surface area contributed by atoms with Crippen molar-refractivity contribution < 1.29 is 26.7 Å². The van der Waals surface area contributed by atoms with Crippen LogP contribution < -0.4 is 10.1 Å². The molecule has 1 aromatic carbocycles. The monoisotopic (exact) mass is 509 g/mol. The smallest absolute Gasteiger partial charge is 0.280 e. The maximum absolute atomic E-state index is 15.2. The molecule has 5 rings (SSSR count). The summed E-state index contributed by atoms with van der Waals surface area (Å²) in [7, 11) is 2.95. The fourth-order valence-electron chi connectivity index (χ4n) is 4.71. The zero-order chi connectivity index (χ0) is 25.8. The maximum Gasteiger partial charge on any atom is 0.280 e. The van der Waals surface area contributed by atoms with Crippen LogP contribution in [0.25, 0.3) is 27.7 Å². The molecule has 1 N–H and O–H groups in total. The molecule has 1 saturated heterocycles. The molecule has 1 fully saturated rings. The molecule has 36 heavy (non-hydrogen) atoms. The van der Waals surface area contributed by atoms with Gasteiger partial charge in [0, 0.05) is 6.54 Å². The van der Waals surface area contributed by atoms with Crippen molar-refractivity contribution >= 4 is 22.5 Å². The van der Waals surface area contributed by atoms with Crippen LogP contribution in [-0.2, 0) is 6.54 Å². The third-order valence-corrected chi connectivity index (χ3v) is 6.39. The molecular weight excluding hydrogens is 485 g/mol. The molecule has 8 nitrogen and oxygen atoms in total. The number of rotatable bonds is 6. The van der Waals surface area contributed by atoms with Gasteiger partial charge in [-0.05, 0) is 38.1 Å². The number of piperidine rings is 1. The van der Waals surface area contributed by atoms with Crippen LogP contribution in [0.5, 0.6) is 5.88 Å². The highest BCUT2D eigenvalue weighted by Gasteiger charge is 2.44. The van der Waals surface area contributed by atoms with Crippen LogP contribution in [-0.4, -0.2) is 74.7 Å². The highest BCUT2D eigenvalue weighted by atomic mass is 19.3. The van der Waals surface area contributed by atoms with Gasteiger partial charge in [-0.2, -0.15) is 4.98 Å². The van der Waals surface area contributed by atoms with Gasteiger partial charge in [0.1, 0.15) is 11.3 Å². The van der Waals surface area contributed by atoms with Gasteiger partial charge in [0.15, 0.2) is 5.82 Å². The first-order valence-corrected chi connectivity index (χ1v) is 11.3. The number of aromatic nitrogens is 5. The number of alkyl halides is 4. The molecule has 0 spiro atoms. The summed E-state index contributed by atoms with van der Waals surface area (Å²) in [6, 6.07) is 3.61. The molecular formula is C23H24F5N7O. The lowest BCUT2D eigenvalue weighted by molar-refractivity contribution is -0.0675. The number of benzene rings is 1. The molecule has 0 radical (unpaired) electrons. The maximum atomic E-state index is 15.2. The Morgan fingerprint density at radius 1 is 1.25 bits per heavy atom. The Morgan fingerprint density at radius 2 is 2.03 bits per heavy atom. The highest BCUT2D eigenvalue weighted by molar-refractivity contribution is 5.90. The van der Waals surface area contributed by atoms with Crippen molar-refractivity contribution in [3.8, 4) is 17.0 Å². The summed E-state index contributed by atoms with van der Waals surface area (Å²) in [5.74, 6) is -3.43. The lowest BCUT2D eigenvalue weighted by Crippen LogP contribution is -2.53. The Labute approximate surface area is 202 Å². The van der Waals surface area contributed by atoms with Crippen LogP contribution in [0.15, 0.2) is 24.4 Å². The van der Waals surface area contributed by atoms with Gasteiger partial charge in [-0.15, -0.1) is 5.10 Å². The number of anilines is 1. The van der Waals surface area contributed by atoms with Crippen molar-refractivity contribution in [2.75, 3.05) is 32.6 Å². The first kappa shape index (κ1) is 24.2. The molecule has 4 aromatic rings. The number of fused-ring (bicyclic) bond motifs is 2. The topological polar surface area (TPSA) is 72.5 Å². The Bertz CT molecular complexity index is 1430. The quantitative estimate of drug-likeness (QED) is 0.393. The predicted molar refractivity (Wildman–Crippen MR) is 123 cm³/mol. The zero-order valence-corrected chi connectivity index (χ0v) is 19.8. The Balaban J connectivity index is 1.58. The number of ether oxygens (including phenoxy) is 1. The lowest BCUT2D eigenvalue weighted by Gasteiger charge is -2.36. The summed E-state index contributed by atoms with van der Waals surface area (Å²) in [5, 5.41) is 6.88. The van der Waals surface area contributed by atoms with E-state index in [-0.39, 0.29) is 29.3 Å². The molecule has 0 amide bonds. The van der Waals surface area contributed by atoms with Crippen LogP contribution >= 0.6 is 0 Å². The highest BCUT2D eigenvalue weighted by Crippen LogP contribution is 2.36. The van der Waals surface area contributed by atoms with Gasteiger partial charge < -0.3 is 19.5 Å². The van der Waals surface area contributed by atoms with Crippen LogP contribution in [0.4, 0.5) is 27.9 Å². The van der Waals surface area contributed by atoms with Crippen molar-refractivity contribution in [1.29, 1.82) is 0 Å². The average molecular weight is 509 g/mol. The van der Waals surface area contributed by atoms with Crippen molar-refractivity contribution in [2.45, 2.75) is 38.3 Å². The second-order valence-electron chi connectivity index (χ2n) is 8.94. The minimum Gasteiger partial charge on any atom is -0.479 e. The van der Waals surface area contributed by atoms with Gasteiger partial charge >= 0.3 is 0 Å². The van der Waals surface area contributed by atoms with Gasteiger partial charge in [-0.3, -0.25) is 0 Å². The van der Waals surface area contributed by atoms with Crippen molar-refractivity contribution in [3.63, 3.8) is 0 Å².